The first-order chi connectivity index (χ1) is 14.1. The van der Waals surface area contributed by atoms with E-state index in [9.17, 15) is 9.18 Å². The van der Waals surface area contributed by atoms with Gasteiger partial charge < -0.3 is 5.32 Å². The number of carbonyl (C=O) groups is 1. The van der Waals surface area contributed by atoms with Crippen LogP contribution in [0, 0.1) is 5.82 Å². The summed E-state index contributed by atoms with van der Waals surface area (Å²) in [5.41, 5.74) is 1.42. The molecule has 0 bridgehead atoms. The fraction of sp³-hybridized carbons (Fsp3) is 0.273. The summed E-state index contributed by atoms with van der Waals surface area (Å²) >= 11 is 7.70. The first kappa shape index (κ1) is 20.0. The predicted molar refractivity (Wildman–Crippen MR) is 113 cm³/mol. The van der Waals surface area contributed by atoms with Crippen LogP contribution in [-0.2, 0) is 11.3 Å². The van der Waals surface area contributed by atoms with Crippen molar-refractivity contribution >= 4 is 28.8 Å². The zero-order chi connectivity index (χ0) is 20.2. The van der Waals surface area contributed by atoms with Crippen LogP contribution >= 0.6 is 22.9 Å². The molecule has 0 spiro atoms. The summed E-state index contributed by atoms with van der Waals surface area (Å²) in [5, 5.41) is 6.22. The van der Waals surface area contributed by atoms with E-state index >= 15 is 0 Å². The number of aromatic nitrogens is 1. The lowest BCUT2D eigenvalue weighted by atomic mass is 10.1. The van der Waals surface area contributed by atoms with Gasteiger partial charge in [0.15, 0.2) is 0 Å². The molecule has 0 aliphatic heterocycles. The molecule has 1 aliphatic rings. The number of hydrogen-bond acceptors (Lipinski definition) is 4. The van der Waals surface area contributed by atoms with Crippen LogP contribution in [0.15, 0.2) is 60.1 Å². The quantitative estimate of drug-likeness (QED) is 0.559. The lowest BCUT2D eigenvalue weighted by Crippen LogP contribution is -2.40. The summed E-state index contributed by atoms with van der Waals surface area (Å²) in [6.45, 7) is 0.501. The van der Waals surface area contributed by atoms with Crippen molar-refractivity contribution in [3.63, 3.8) is 0 Å². The first-order valence-corrected chi connectivity index (χ1v) is 10.8. The Morgan fingerprint density at radius 2 is 2.03 bits per heavy atom. The van der Waals surface area contributed by atoms with Gasteiger partial charge in [-0.15, -0.1) is 11.3 Å². The van der Waals surface area contributed by atoms with E-state index in [0.29, 0.717) is 17.1 Å². The van der Waals surface area contributed by atoms with Gasteiger partial charge in [0.05, 0.1) is 6.54 Å². The van der Waals surface area contributed by atoms with Crippen molar-refractivity contribution in [2.24, 2.45) is 0 Å². The number of benzene rings is 2. The Morgan fingerprint density at radius 3 is 2.69 bits per heavy atom. The van der Waals surface area contributed by atoms with Crippen LogP contribution in [0.4, 0.5) is 4.39 Å². The van der Waals surface area contributed by atoms with Crippen LogP contribution in [0.3, 0.4) is 0 Å². The molecule has 4 rings (SSSR count). The Bertz CT molecular complexity index is 943. The van der Waals surface area contributed by atoms with E-state index in [1.807, 2.05) is 40.6 Å². The van der Waals surface area contributed by atoms with Crippen molar-refractivity contribution in [3.05, 3.63) is 87.1 Å². The maximum atomic E-state index is 14.2. The number of amides is 1. The van der Waals surface area contributed by atoms with Crippen LogP contribution in [0.2, 0.25) is 5.02 Å². The number of carbonyl (C=O) groups excluding carboxylic acids is 1. The molecule has 0 saturated heterocycles. The summed E-state index contributed by atoms with van der Waals surface area (Å²) in [6, 6.07) is 14.4. The van der Waals surface area contributed by atoms with Gasteiger partial charge in [0.2, 0.25) is 5.91 Å². The van der Waals surface area contributed by atoms with Crippen LogP contribution in [0.25, 0.3) is 0 Å². The van der Waals surface area contributed by atoms with E-state index in [2.05, 4.69) is 10.3 Å². The summed E-state index contributed by atoms with van der Waals surface area (Å²) < 4.78 is 14.2. The van der Waals surface area contributed by atoms with Crippen molar-refractivity contribution in [1.82, 2.24) is 15.2 Å². The van der Waals surface area contributed by atoms with Crippen molar-refractivity contribution in [2.45, 2.75) is 31.5 Å². The monoisotopic (exact) mass is 429 g/mol. The van der Waals surface area contributed by atoms with E-state index in [4.69, 9.17) is 11.6 Å². The highest BCUT2D eigenvalue weighted by Crippen LogP contribution is 2.31. The topological polar surface area (TPSA) is 45.2 Å². The second kappa shape index (κ2) is 9.03. The van der Waals surface area contributed by atoms with E-state index < -0.39 is 0 Å². The summed E-state index contributed by atoms with van der Waals surface area (Å²) in [6.07, 6.45) is 3.75. The summed E-state index contributed by atoms with van der Waals surface area (Å²) in [7, 11) is 0. The molecular weight excluding hydrogens is 409 g/mol. The van der Waals surface area contributed by atoms with E-state index in [1.54, 1.807) is 18.3 Å². The van der Waals surface area contributed by atoms with Gasteiger partial charge in [-0.2, -0.15) is 0 Å². The van der Waals surface area contributed by atoms with Crippen molar-refractivity contribution in [2.75, 3.05) is 6.54 Å². The Labute approximate surface area is 178 Å². The second-order valence-electron chi connectivity index (χ2n) is 7.12. The highest BCUT2D eigenvalue weighted by atomic mass is 35.5. The number of thiazole rings is 1. The number of nitrogens with zero attached hydrogens (tertiary/aromatic N) is 2. The molecule has 3 aromatic rings. The highest BCUT2D eigenvalue weighted by Gasteiger charge is 2.32. The molecule has 7 heteroatoms. The molecule has 1 atom stereocenters. The fourth-order valence-electron chi connectivity index (χ4n) is 3.34. The molecule has 150 valence electrons. The van der Waals surface area contributed by atoms with Crippen molar-refractivity contribution < 1.29 is 9.18 Å². The Morgan fingerprint density at radius 1 is 1.24 bits per heavy atom. The van der Waals surface area contributed by atoms with Gasteiger partial charge in [0, 0.05) is 34.7 Å². The minimum absolute atomic E-state index is 0.117. The van der Waals surface area contributed by atoms with Crippen molar-refractivity contribution in [3.8, 4) is 0 Å². The summed E-state index contributed by atoms with van der Waals surface area (Å²) in [5.74, 6) is -0.457. The minimum atomic E-state index is -0.339. The molecule has 1 aromatic heterocycles. The zero-order valence-electron chi connectivity index (χ0n) is 15.7. The van der Waals surface area contributed by atoms with E-state index in [0.717, 1.165) is 23.4 Å². The SMILES string of the molecule is O=C(CN(Cc1c(F)cccc1Cl)C1CC1)NC(c1ccccc1)c1nccs1. The summed E-state index contributed by atoms with van der Waals surface area (Å²) in [4.78, 5) is 19.3. The number of nitrogens with one attached hydrogen (secondary N) is 1. The third-order valence-electron chi connectivity index (χ3n) is 4.97. The molecule has 4 nitrogen and oxygen atoms in total. The molecule has 1 aliphatic carbocycles. The maximum absolute atomic E-state index is 14.2. The maximum Gasteiger partial charge on any atom is 0.235 e. The number of halogens is 2. The first-order valence-electron chi connectivity index (χ1n) is 9.52. The Hall–Kier alpha value is -2.28. The minimum Gasteiger partial charge on any atom is -0.342 e. The Kier molecular flexibility index (Phi) is 6.23. The van der Waals surface area contributed by atoms with Gasteiger partial charge in [-0.3, -0.25) is 9.69 Å². The molecule has 29 heavy (non-hydrogen) atoms. The van der Waals surface area contributed by atoms with Gasteiger partial charge in [0.1, 0.15) is 16.9 Å². The lowest BCUT2D eigenvalue weighted by Gasteiger charge is -2.24. The van der Waals surface area contributed by atoms with Crippen LogP contribution < -0.4 is 5.32 Å². The van der Waals surface area contributed by atoms with E-state index in [-0.39, 0.29) is 30.4 Å². The number of rotatable bonds is 8. The fourth-order valence-corrected chi connectivity index (χ4v) is 4.28. The normalized spacial score (nSPS) is 14.7. The molecule has 1 amide bonds. The highest BCUT2D eigenvalue weighted by molar-refractivity contribution is 7.09. The average Bonchev–Trinajstić information content (AvgIpc) is 3.43. The molecule has 2 aromatic carbocycles. The van der Waals surface area contributed by atoms with Gasteiger partial charge >= 0.3 is 0 Å². The molecule has 1 heterocycles. The molecule has 0 radical (unpaired) electrons. The average molecular weight is 430 g/mol. The zero-order valence-corrected chi connectivity index (χ0v) is 17.3. The molecule has 1 unspecified atom stereocenters. The van der Waals surface area contributed by atoms with Gasteiger partial charge in [-0.25, -0.2) is 9.37 Å². The smallest absolute Gasteiger partial charge is 0.235 e. The standard InChI is InChI=1S/C22H21ClFN3OS/c23-18-7-4-8-19(24)17(18)13-27(16-9-10-16)14-20(28)26-21(22-25-11-12-29-22)15-5-2-1-3-6-15/h1-8,11-12,16,21H,9-10,13-14H2,(H,26,28). The molecule has 1 fully saturated rings. The number of hydrogen-bond donors (Lipinski definition) is 1. The molecular formula is C22H21ClFN3OS. The molecule has 1 saturated carbocycles. The van der Waals surface area contributed by atoms with Gasteiger partial charge in [0.25, 0.3) is 0 Å². The van der Waals surface area contributed by atoms with Gasteiger partial charge in [-0.05, 0) is 30.5 Å². The van der Waals surface area contributed by atoms with Gasteiger partial charge in [-0.1, -0.05) is 48.0 Å². The van der Waals surface area contributed by atoms with E-state index in [1.165, 1.54) is 17.4 Å². The van der Waals surface area contributed by atoms with Crippen LogP contribution in [0.1, 0.15) is 35.0 Å². The molecule has 1 N–H and O–H groups in total. The predicted octanol–water partition coefficient (Wildman–Crippen LogP) is 4.81. The third kappa shape index (κ3) is 5.01. The Balaban J connectivity index is 1.49. The van der Waals surface area contributed by atoms with Crippen LogP contribution in [0.5, 0.6) is 0 Å². The lowest BCUT2D eigenvalue weighted by molar-refractivity contribution is -0.123. The third-order valence-corrected chi connectivity index (χ3v) is 6.16. The van der Waals surface area contributed by atoms with Crippen molar-refractivity contribution in [1.29, 1.82) is 0 Å². The second-order valence-corrected chi connectivity index (χ2v) is 8.45. The van der Waals surface area contributed by atoms with Crippen LogP contribution in [-0.4, -0.2) is 28.4 Å². The largest absolute Gasteiger partial charge is 0.342 e.